The first-order valence-electron chi connectivity index (χ1n) is 5.42. The Balaban J connectivity index is 2.82. The van der Waals surface area contributed by atoms with Crippen LogP contribution in [0.3, 0.4) is 0 Å². The van der Waals surface area contributed by atoms with E-state index in [9.17, 15) is 9.59 Å². The number of nitrogens with two attached hydrogens (primary N) is 1. The summed E-state index contributed by atoms with van der Waals surface area (Å²) in [5.41, 5.74) is 6.75. The van der Waals surface area contributed by atoms with Gasteiger partial charge in [-0.05, 0) is 31.5 Å². The lowest BCUT2D eigenvalue weighted by molar-refractivity contribution is -0.112. The van der Waals surface area contributed by atoms with Gasteiger partial charge in [-0.1, -0.05) is 19.1 Å². The fourth-order valence-electron chi connectivity index (χ4n) is 1.38. The maximum Gasteiger partial charge on any atom is 0.250 e. The summed E-state index contributed by atoms with van der Waals surface area (Å²) in [4.78, 5) is 22.7. The van der Waals surface area contributed by atoms with Crippen molar-refractivity contribution in [2.75, 3.05) is 5.32 Å². The lowest BCUT2D eigenvalue weighted by Gasteiger charge is -2.06. The normalized spacial score (nSPS) is 11.1. The van der Waals surface area contributed by atoms with Crippen LogP contribution in [0.25, 0.3) is 0 Å². The first-order chi connectivity index (χ1) is 8.04. The molecule has 4 heteroatoms. The minimum atomic E-state index is -0.512. The van der Waals surface area contributed by atoms with E-state index in [2.05, 4.69) is 5.32 Å². The van der Waals surface area contributed by atoms with Crippen molar-refractivity contribution in [2.24, 2.45) is 5.73 Å². The third kappa shape index (κ3) is 3.75. The highest BCUT2D eigenvalue weighted by atomic mass is 16.2. The summed E-state index contributed by atoms with van der Waals surface area (Å²) in [7, 11) is 0. The van der Waals surface area contributed by atoms with Gasteiger partial charge in [-0.25, -0.2) is 0 Å². The molecule has 0 radical (unpaired) electrons. The zero-order chi connectivity index (χ0) is 12.8. The number of allylic oxidation sites excluding steroid dienone is 1. The second-order valence-electron chi connectivity index (χ2n) is 3.69. The van der Waals surface area contributed by atoms with E-state index in [1.54, 1.807) is 31.2 Å². The molecule has 0 aliphatic rings. The number of hydrogen-bond acceptors (Lipinski definition) is 2. The molecule has 0 unspecified atom stereocenters. The average Bonchev–Trinajstić information content (AvgIpc) is 2.29. The van der Waals surface area contributed by atoms with Gasteiger partial charge in [0.2, 0.25) is 5.91 Å². The van der Waals surface area contributed by atoms with Crippen LogP contribution in [-0.2, 0) is 4.79 Å². The summed E-state index contributed by atoms with van der Waals surface area (Å²) < 4.78 is 0. The smallest absolute Gasteiger partial charge is 0.250 e. The summed E-state index contributed by atoms with van der Waals surface area (Å²) in [6.45, 7) is 3.71. The molecule has 0 aromatic heterocycles. The van der Waals surface area contributed by atoms with E-state index >= 15 is 0 Å². The monoisotopic (exact) mass is 232 g/mol. The molecule has 1 rings (SSSR count). The average molecular weight is 232 g/mol. The SMILES string of the molecule is CC/C=C(\C)C(=O)Nc1cccc(C(N)=O)c1. The fraction of sp³-hybridized carbons (Fsp3) is 0.231. The molecule has 0 heterocycles. The van der Waals surface area contributed by atoms with Crippen LogP contribution in [0.2, 0.25) is 0 Å². The van der Waals surface area contributed by atoms with E-state index in [0.717, 1.165) is 6.42 Å². The predicted octanol–water partition coefficient (Wildman–Crippen LogP) is 2.08. The zero-order valence-corrected chi connectivity index (χ0v) is 9.99. The Bertz CT molecular complexity index is 464. The van der Waals surface area contributed by atoms with Crippen molar-refractivity contribution in [3.8, 4) is 0 Å². The maximum atomic E-state index is 11.7. The Kier molecular flexibility index (Phi) is 4.46. The lowest BCUT2D eigenvalue weighted by Crippen LogP contribution is -2.14. The molecule has 3 N–H and O–H groups in total. The zero-order valence-electron chi connectivity index (χ0n) is 9.99. The first kappa shape index (κ1) is 13.0. The molecule has 0 spiro atoms. The van der Waals surface area contributed by atoms with E-state index in [0.29, 0.717) is 16.8 Å². The molecule has 0 saturated heterocycles. The van der Waals surface area contributed by atoms with Crippen molar-refractivity contribution in [2.45, 2.75) is 20.3 Å². The van der Waals surface area contributed by atoms with Gasteiger partial charge >= 0.3 is 0 Å². The van der Waals surface area contributed by atoms with Crippen LogP contribution in [-0.4, -0.2) is 11.8 Å². The van der Waals surface area contributed by atoms with Crippen LogP contribution in [0, 0.1) is 0 Å². The molecule has 0 bridgehead atoms. The number of benzene rings is 1. The van der Waals surface area contributed by atoms with Crippen molar-refractivity contribution in [3.05, 3.63) is 41.5 Å². The van der Waals surface area contributed by atoms with Crippen molar-refractivity contribution in [3.63, 3.8) is 0 Å². The number of primary amides is 1. The Morgan fingerprint density at radius 1 is 1.41 bits per heavy atom. The van der Waals surface area contributed by atoms with E-state index < -0.39 is 5.91 Å². The summed E-state index contributed by atoms with van der Waals surface area (Å²) in [6.07, 6.45) is 2.65. The molecule has 2 amide bonds. The molecule has 1 aromatic carbocycles. The molecule has 0 atom stereocenters. The maximum absolute atomic E-state index is 11.7. The van der Waals surface area contributed by atoms with Gasteiger partial charge in [0, 0.05) is 16.8 Å². The van der Waals surface area contributed by atoms with Crippen LogP contribution in [0.5, 0.6) is 0 Å². The minimum absolute atomic E-state index is 0.173. The van der Waals surface area contributed by atoms with Crippen molar-refractivity contribution in [1.82, 2.24) is 0 Å². The number of anilines is 1. The number of carbonyl (C=O) groups is 2. The van der Waals surface area contributed by atoms with Crippen LogP contribution in [0.15, 0.2) is 35.9 Å². The van der Waals surface area contributed by atoms with Crippen LogP contribution in [0.1, 0.15) is 30.6 Å². The largest absolute Gasteiger partial charge is 0.366 e. The van der Waals surface area contributed by atoms with E-state index in [1.165, 1.54) is 0 Å². The molecule has 0 fully saturated rings. The number of rotatable bonds is 4. The van der Waals surface area contributed by atoms with Crippen LogP contribution >= 0.6 is 0 Å². The highest BCUT2D eigenvalue weighted by Gasteiger charge is 2.06. The number of hydrogen-bond donors (Lipinski definition) is 2. The Labute approximate surface area is 101 Å². The summed E-state index contributed by atoms with van der Waals surface area (Å²) >= 11 is 0. The molecular weight excluding hydrogens is 216 g/mol. The molecule has 90 valence electrons. The predicted molar refractivity (Wildman–Crippen MR) is 67.6 cm³/mol. The first-order valence-corrected chi connectivity index (χ1v) is 5.42. The van der Waals surface area contributed by atoms with E-state index in [4.69, 9.17) is 5.73 Å². The third-order valence-corrected chi connectivity index (χ3v) is 2.27. The summed E-state index contributed by atoms with van der Waals surface area (Å²) in [5.74, 6) is -0.685. The highest BCUT2D eigenvalue weighted by molar-refractivity contribution is 6.04. The molecule has 0 saturated carbocycles. The van der Waals surface area contributed by atoms with Gasteiger partial charge in [-0.2, -0.15) is 0 Å². The second kappa shape index (κ2) is 5.84. The molecule has 0 aliphatic heterocycles. The number of amides is 2. The number of nitrogens with one attached hydrogen (secondary N) is 1. The molecule has 0 aliphatic carbocycles. The van der Waals surface area contributed by atoms with Crippen molar-refractivity contribution in [1.29, 1.82) is 0 Å². The van der Waals surface area contributed by atoms with Gasteiger partial charge in [-0.3, -0.25) is 9.59 Å². The number of carbonyl (C=O) groups excluding carboxylic acids is 2. The van der Waals surface area contributed by atoms with Crippen molar-refractivity contribution < 1.29 is 9.59 Å². The van der Waals surface area contributed by atoms with Crippen LogP contribution in [0.4, 0.5) is 5.69 Å². The van der Waals surface area contributed by atoms with Gasteiger partial charge in [0.05, 0.1) is 0 Å². The topological polar surface area (TPSA) is 72.2 Å². The summed E-state index contributed by atoms with van der Waals surface area (Å²) in [5, 5.41) is 2.71. The van der Waals surface area contributed by atoms with E-state index in [1.807, 2.05) is 13.0 Å². The molecule has 4 nitrogen and oxygen atoms in total. The van der Waals surface area contributed by atoms with Gasteiger partial charge in [0.15, 0.2) is 0 Å². The molecule has 17 heavy (non-hydrogen) atoms. The fourth-order valence-corrected chi connectivity index (χ4v) is 1.38. The second-order valence-corrected chi connectivity index (χ2v) is 3.69. The van der Waals surface area contributed by atoms with Crippen molar-refractivity contribution >= 4 is 17.5 Å². The van der Waals surface area contributed by atoms with E-state index in [-0.39, 0.29) is 5.91 Å². The molecule has 1 aromatic rings. The minimum Gasteiger partial charge on any atom is -0.366 e. The Morgan fingerprint density at radius 2 is 2.12 bits per heavy atom. The van der Waals surface area contributed by atoms with Crippen LogP contribution < -0.4 is 11.1 Å². The quantitative estimate of drug-likeness (QED) is 0.780. The Morgan fingerprint density at radius 3 is 2.71 bits per heavy atom. The lowest BCUT2D eigenvalue weighted by atomic mass is 10.2. The third-order valence-electron chi connectivity index (χ3n) is 2.27. The van der Waals surface area contributed by atoms with Gasteiger partial charge in [0.25, 0.3) is 5.91 Å². The molecular formula is C13H16N2O2. The Hall–Kier alpha value is -2.10. The summed E-state index contributed by atoms with van der Waals surface area (Å²) in [6, 6.07) is 6.55. The highest BCUT2D eigenvalue weighted by Crippen LogP contribution is 2.11. The van der Waals surface area contributed by atoms with Gasteiger partial charge < -0.3 is 11.1 Å². The standard InChI is InChI=1S/C13H16N2O2/c1-3-5-9(2)13(17)15-11-7-4-6-10(8-11)12(14)16/h4-8H,3H2,1-2H3,(H2,14,16)(H,15,17)/b9-5+. The van der Waals surface area contributed by atoms with Gasteiger partial charge in [-0.15, -0.1) is 0 Å². The van der Waals surface area contributed by atoms with Gasteiger partial charge in [0.1, 0.15) is 0 Å².